The molecule has 90 valence electrons. The normalized spacial score (nSPS) is 5.73. The Morgan fingerprint density at radius 2 is 0.800 bits per heavy atom. The zero-order valence-electron chi connectivity index (χ0n) is 10.4. The molecule has 0 aliphatic carbocycles. The Hall–Kier alpha value is -0.346. The Labute approximate surface area is 108 Å². The molecule has 0 aromatic carbocycles. The first-order chi connectivity index (χ1) is 6.29. The Balaban J connectivity index is -0.0000000293. The topological polar surface area (TPSA) is 74.6 Å². The van der Waals surface area contributed by atoms with E-state index in [1.54, 1.807) is 0 Å². The fraction of sp³-hybridized carbons (Fsp3) is 0.600. The van der Waals surface area contributed by atoms with E-state index in [0.717, 1.165) is 13.8 Å². The van der Waals surface area contributed by atoms with Gasteiger partial charge in [-0.1, -0.05) is 0 Å². The molecule has 0 atom stereocenters. The molecule has 0 aliphatic heterocycles. The third-order valence-corrected chi connectivity index (χ3v) is 0. The van der Waals surface area contributed by atoms with Crippen molar-refractivity contribution in [2.45, 2.75) is 41.5 Å². The Bertz CT molecular complexity index is 94.0. The van der Waals surface area contributed by atoms with Gasteiger partial charge in [0.1, 0.15) is 0 Å². The largest absolute Gasteiger partial charge is 2.00 e. The maximum atomic E-state index is 9.00. The van der Waals surface area contributed by atoms with Crippen molar-refractivity contribution in [3.8, 4) is 0 Å². The number of rotatable bonds is 0. The minimum Gasteiger partial charge on any atom is -0.481 e. The molecule has 5 heteroatoms. The summed E-state index contributed by atoms with van der Waals surface area (Å²) in [6, 6.07) is 0. The molecule has 0 fully saturated rings. The van der Waals surface area contributed by atoms with Gasteiger partial charge in [0, 0.05) is 13.8 Å². The number of carbonyl (C=O) groups is 2. The molecule has 0 bridgehead atoms. The average Bonchev–Trinajstić information content (AvgIpc) is 1.85. The predicted molar refractivity (Wildman–Crippen MR) is 57.9 cm³/mol. The van der Waals surface area contributed by atoms with Crippen molar-refractivity contribution in [3.05, 3.63) is 12.8 Å². The summed E-state index contributed by atoms with van der Waals surface area (Å²) in [5, 5.41) is 14.8. The predicted octanol–water partition coefficient (Wildman–Crippen LogP) is 2.64. The van der Waals surface area contributed by atoms with Crippen molar-refractivity contribution in [2.75, 3.05) is 0 Å². The zero-order valence-corrected chi connectivity index (χ0v) is 11.9. The standard InChI is InChI=1S/2C3H7.2C2H4O2.Ti/c2*1-3-2;2*1-2(3)4;/h2*3H,1-2H3;2*1H3,(H,3,4);/q2*-1;;;+2. The molecule has 0 rings (SSSR count). The van der Waals surface area contributed by atoms with Crippen LogP contribution in [0.3, 0.4) is 0 Å². The molecular weight excluding hydrogens is 232 g/mol. The van der Waals surface area contributed by atoms with Gasteiger partial charge >= 0.3 is 21.7 Å². The third-order valence-electron chi connectivity index (χ3n) is 0. The first-order valence-electron chi connectivity index (χ1n) is 4.16. The van der Waals surface area contributed by atoms with Gasteiger partial charge in [-0.3, -0.25) is 9.59 Å². The quantitative estimate of drug-likeness (QED) is 0.514. The van der Waals surface area contributed by atoms with Crippen molar-refractivity contribution in [2.24, 2.45) is 0 Å². The molecule has 0 saturated carbocycles. The van der Waals surface area contributed by atoms with Crippen molar-refractivity contribution in [1.29, 1.82) is 0 Å². The van der Waals surface area contributed by atoms with Crippen LogP contribution in [0.1, 0.15) is 41.5 Å². The van der Waals surface area contributed by atoms with E-state index in [9.17, 15) is 0 Å². The van der Waals surface area contributed by atoms with Gasteiger partial charge in [0.25, 0.3) is 11.9 Å². The Kier molecular flexibility index (Phi) is 72.9. The first-order valence-corrected chi connectivity index (χ1v) is 4.16. The summed E-state index contributed by atoms with van der Waals surface area (Å²) in [5.41, 5.74) is 0. The average molecular weight is 254 g/mol. The van der Waals surface area contributed by atoms with Crippen LogP contribution < -0.4 is 0 Å². The summed E-state index contributed by atoms with van der Waals surface area (Å²) in [7, 11) is 0. The molecule has 0 heterocycles. The maximum Gasteiger partial charge on any atom is 2.00 e. The van der Waals surface area contributed by atoms with Crippen LogP contribution in [0.4, 0.5) is 0 Å². The smallest absolute Gasteiger partial charge is 0.481 e. The van der Waals surface area contributed by atoms with Gasteiger partial charge in [0.05, 0.1) is 0 Å². The SMILES string of the molecule is CC(=O)O.CC(=O)O.C[CH-]C.C[CH-]C.[Ti+2]. The van der Waals surface area contributed by atoms with Crippen molar-refractivity contribution < 1.29 is 41.5 Å². The summed E-state index contributed by atoms with van der Waals surface area (Å²) >= 11 is 0. The molecular formula is C10H22O4Ti. The molecule has 0 saturated heterocycles. The zero-order chi connectivity index (χ0) is 12.6. The van der Waals surface area contributed by atoms with E-state index in [0.29, 0.717) is 0 Å². The minimum absolute atomic E-state index is 0. The molecule has 0 amide bonds. The van der Waals surface area contributed by atoms with Gasteiger partial charge in [-0.15, -0.1) is 0 Å². The molecule has 15 heavy (non-hydrogen) atoms. The van der Waals surface area contributed by atoms with Gasteiger partial charge in [0.15, 0.2) is 0 Å². The van der Waals surface area contributed by atoms with Crippen LogP contribution in [0.2, 0.25) is 0 Å². The fourth-order valence-corrected chi connectivity index (χ4v) is 0. The maximum absolute atomic E-state index is 9.00. The van der Waals surface area contributed by atoms with Crippen LogP contribution in [-0.2, 0) is 31.3 Å². The van der Waals surface area contributed by atoms with Gasteiger partial charge in [-0.05, 0) is 0 Å². The van der Waals surface area contributed by atoms with Crippen LogP contribution in [0.5, 0.6) is 0 Å². The summed E-state index contributed by atoms with van der Waals surface area (Å²) in [5.74, 6) is -1.67. The number of hydrogen-bond acceptors (Lipinski definition) is 2. The molecule has 0 aromatic rings. The van der Waals surface area contributed by atoms with Crippen LogP contribution in [0.15, 0.2) is 0 Å². The van der Waals surface area contributed by atoms with Gasteiger partial charge < -0.3 is 23.1 Å². The van der Waals surface area contributed by atoms with Crippen molar-refractivity contribution in [1.82, 2.24) is 0 Å². The molecule has 0 radical (unpaired) electrons. The Morgan fingerprint density at radius 1 is 0.800 bits per heavy atom. The summed E-state index contributed by atoms with van der Waals surface area (Å²) in [6.07, 6.45) is 4.00. The van der Waals surface area contributed by atoms with E-state index in [4.69, 9.17) is 19.8 Å². The second-order valence-electron chi connectivity index (χ2n) is 2.19. The van der Waals surface area contributed by atoms with Gasteiger partial charge in [0.2, 0.25) is 0 Å². The van der Waals surface area contributed by atoms with E-state index >= 15 is 0 Å². The fourth-order valence-electron chi connectivity index (χ4n) is 0. The van der Waals surface area contributed by atoms with Crippen LogP contribution >= 0.6 is 0 Å². The van der Waals surface area contributed by atoms with Gasteiger partial charge in [-0.25, -0.2) is 0 Å². The molecule has 0 aliphatic rings. The number of aliphatic carboxylic acids is 2. The van der Waals surface area contributed by atoms with E-state index in [1.807, 2.05) is 40.5 Å². The van der Waals surface area contributed by atoms with Crippen molar-refractivity contribution >= 4 is 11.9 Å². The molecule has 0 spiro atoms. The molecule has 0 aromatic heterocycles. The summed E-state index contributed by atoms with van der Waals surface area (Å²) in [4.78, 5) is 18.0. The summed E-state index contributed by atoms with van der Waals surface area (Å²) < 4.78 is 0. The van der Waals surface area contributed by atoms with E-state index in [1.165, 1.54) is 0 Å². The first kappa shape index (κ1) is 29.3. The summed E-state index contributed by atoms with van der Waals surface area (Å²) in [6.45, 7) is 10.2. The van der Waals surface area contributed by atoms with E-state index < -0.39 is 11.9 Å². The second kappa shape index (κ2) is 37.3. The molecule has 0 unspecified atom stereocenters. The van der Waals surface area contributed by atoms with Crippen LogP contribution in [0, 0.1) is 12.8 Å². The minimum atomic E-state index is -0.833. The van der Waals surface area contributed by atoms with E-state index in [2.05, 4.69) is 0 Å². The third kappa shape index (κ3) is 15500. The van der Waals surface area contributed by atoms with Gasteiger partial charge in [-0.2, -0.15) is 27.7 Å². The number of carboxylic acids is 2. The van der Waals surface area contributed by atoms with Crippen molar-refractivity contribution in [3.63, 3.8) is 0 Å². The molecule has 2 N–H and O–H groups in total. The monoisotopic (exact) mass is 254 g/mol. The van der Waals surface area contributed by atoms with E-state index in [-0.39, 0.29) is 21.7 Å². The Morgan fingerprint density at radius 3 is 0.800 bits per heavy atom. The molecule has 4 nitrogen and oxygen atoms in total. The van der Waals surface area contributed by atoms with Crippen LogP contribution in [-0.4, -0.2) is 22.2 Å². The van der Waals surface area contributed by atoms with Crippen LogP contribution in [0.25, 0.3) is 0 Å². The number of carboxylic acid groups (broad SMARTS) is 2. The number of hydrogen-bond donors (Lipinski definition) is 2. The second-order valence-corrected chi connectivity index (χ2v) is 2.19.